The Hall–Kier alpha value is -2.64. The van der Waals surface area contributed by atoms with Crippen LogP contribution in [-0.4, -0.2) is 60.4 Å². The summed E-state index contributed by atoms with van der Waals surface area (Å²) in [4.78, 5) is 15.0. The molecule has 1 aliphatic heterocycles. The van der Waals surface area contributed by atoms with Crippen molar-refractivity contribution in [3.8, 4) is 5.75 Å². The number of nitro benzene ring substituents is 1. The molecule has 2 aromatic rings. The molecule has 7 heteroatoms. The van der Waals surface area contributed by atoms with Gasteiger partial charge in [-0.1, -0.05) is 30.3 Å². The first kappa shape index (κ1) is 18.2. The van der Waals surface area contributed by atoms with Crippen LogP contribution in [0.1, 0.15) is 0 Å². The Kier molecular flexibility index (Phi) is 6.04. The van der Waals surface area contributed by atoms with E-state index < -0.39 is 6.10 Å². The first-order valence-electron chi connectivity index (χ1n) is 8.70. The van der Waals surface area contributed by atoms with Crippen LogP contribution in [0, 0.1) is 10.1 Å². The number of anilines is 1. The van der Waals surface area contributed by atoms with E-state index >= 15 is 0 Å². The molecule has 0 spiro atoms. The molecule has 0 radical (unpaired) electrons. The number of nitro groups is 1. The smallest absolute Gasteiger partial charge is 0.292 e. The van der Waals surface area contributed by atoms with E-state index in [2.05, 4.69) is 4.90 Å². The molecule has 1 unspecified atom stereocenters. The van der Waals surface area contributed by atoms with Crippen LogP contribution in [0.4, 0.5) is 11.4 Å². The third-order valence-electron chi connectivity index (χ3n) is 4.45. The van der Waals surface area contributed by atoms with Crippen LogP contribution in [0.2, 0.25) is 0 Å². The SMILES string of the molecule is O=[N+]([O-])c1ccccc1N1CCN(CC(O)COc2ccccc2)CC1. The number of hydrogen-bond acceptors (Lipinski definition) is 6. The lowest BCUT2D eigenvalue weighted by Gasteiger charge is -2.36. The Labute approximate surface area is 152 Å². The van der Waals surface area contributed by atoms with Crippen molar-refractivity contribution in [2.75, 3.05) is 44.2 Å². The quantitative estimate of drug-likeness (QED) is 0.604. The number of benzene rings is 2. The van der Waals surface area contributed by atoms with Gasteiger partial charge in [-0.25, -0.2) is 0 Å². The van der Waals surface area contributed by atoms with Crippen LogP contribution in [0.15, 0.2) is 54.6 Å². The van der Waals surface area contributed by atoms with Crippen molar-refractivity contribution in [1.29, 1.82) is 0 Å². The van der Waals surface area contributed by atoms with Crippen LogP contribution >= 0.6 is 0 Å². The van der Waals surface area contributed by atoms with Crippen molar-refractivity contribution in [2.24, 2.45) is 0 Å². The fourth-order valence-electron chi connectivity index (χ4n) is 3.12. The molecule has 1 atom stereocenters. The minimum absolute atomic E-state index is 0.136. The Bertz CT molecular complexity index is 718. The first-order valence-corrected chi connectivity index (χ1v) is 8.70. The molecule has 138 valence electrons. The molecule has 3 rings (SSSR count). The summed E-state index contributed by atoms with van der Waals surface area (Å²) < 4.78 is 5.58. The molecule has 2 aromatic carbocycles. The van der Waals surface area contributed by atoms with Gasteiger partial charge in [0.1, 0.15) is 24.1 Å². The van der Waals surface area contributed by atoms with Crippen molar-refractivity contribution in [3.63, 3.8) is 0 Å². The summed E-state index contributed by atoms with van der Waals surface area (Å²) in [5, 5.41) is 21.4. The van der Waals surface area contributed by atoms with E-state index in [0.29, 0.717) is 25.3 Å². The zero-order chi connectivity index (χ0) is 18.4. The minimum atomic E-state index is -0.576. The van der Waals surface area contributed by atoms with Crippen molar-refractivity contribution < 1.29 is 14.8 Å². The predicted molar refractivity (Wildman–Crippen MR) is 99.7 cm³/mol. The van der Waals surface area contributed by atoms with Gasteiger partial charge >= 0.3 is 0 Å². The number of para-hydroxylation sites is 3. The molecular formula is C19H23N3O4. The highest BCUT2D eigenvalue weighted by molar-refractivity contribution is 5.63. The molecule has 0 amide bonds. The second kappa shape index (κ2) is 8.64. The molecule has 1 heterocycles. The summed E-state index contributed by atoms with van der Waals surface area (Å²) in [6, 6.07) is 16.2. The van der Waals surface area contributed by atoms with Crippen LogP contribution < -0.4 is 9.64 Å². The van der Waals surface area contributed by atoms with Gasteiger partial charge in [-0.15, -0.1) is 0 Å². The third-order valence-corrected chi connectivity index (χ3v) is 4.45. The van der Waals surface area contributed by atoms with Crippen molar-refractivity contribution in [2.45, 2.75) is 6.10 Å². The fraction of sp³-hybridized carbons (Fsp3) is 0.368. The first-order chi connectivity index (χ1) is 12.6. The van der Waals surface area contributed by atoms with Crippen LogP contribution in [-0.2, 0) is 0 Å². The largest absolute Gasteiger partial charge is 0.491 e. The molecule has 1 saturated heterocycles. The summed E-state index contributed by atoms with van der Waals surface area (Å²) >= 11 is 0. The lowest BCUT2D eigenvalue weighted by Crippen LogP contribution is -2.49. The monoisotopic (exact) mass is 357 g/mol. The number of aliphatic hydroxyl groups excluding tert-OH is 1. The summed E-state index contributed by atoms with van der Waals surface area (Å²) in [5.74, 6) is 0.743. The second-order valence-corrected chi connectivity index (χ2v) is 6.31. The maximum atomic E-state index is 11.2. The lowest BCUT2D eigenvalue weighted by molar-refractivity contribution is -0.384. The minimum Gasteiger partial charge on any atom is -0.491 e. The fourth-order valence-corrected chi connectivity index (χ4v) is 3.12. The average Bonchev–Trinajstić information content (AvgIpc) is 2.68. The zero-order valence-corrected chi connectivity index (χ0v) is 14.5. The van der Waals surface area contributed by atoms with E-state index in [4.69, 9.17) is 4.74 Å². The Morgan fingerprint density at radius 3 is 2.38 bits per heavy atom. The number of nitrogens with zero attached hydrogens (tertiary/aromatic N) is 3. The molecule has 26 heavy (non-hydrogen) atoms. The van der Waals surface area contributed by atoms with Gasteiger partial charge < -0.3 is 14.7 Å². The molecule has 0 bridgehead atoms. The van der Waals surface area contributed by atoms with Crippen molar-refractivity contribution in [3.05, 3.63) is 64.7 Å². The van der Waals surface area contributed by atoms with E-state index in [1.807, 2.05) is 41.3 Å². The number of piperazine rings is 1. The Morgan fingerprint density at radius 1 is 1.04 bits per heavy atom. The van der Waals surface area contributed by atoms with E-state index in [9.17, 15) is 15.2 Å². The number of ether oxygens (including phenoxy) is 1. The van der Waals surface area contributed by atoms with E-state index in [1.165, 1.54) is 6.07 Å². The van der Waals surface area contributed by atoms with E-state index in [-0.39, 0.29) is 17.2 Å². The van der Waals surface area contributed by atoms with Crippen LogP contribution in [0.5, 0.6) is 5.75 Å². The molecule has 0 aliphatic carbocycles. The van der Waals surface area contributed by atoms with Gasteiger partial charge in [-0.3, -0.25) is 15.0 Å². The molecule has 1 N–H and O–H groups in total. The molecule has 1 aliphatic rings. The number of aliphatic hydroxyl groups is 1. The summed E-state index contributed by atoms with van der Waals surface area (Å²) in [6.45, 7) is 3.64. The average molecular weight is 357 g/mol. The Balaban J connectivity index is 1.47. The van der Waals surface area contributed by atoms with Gasteiger partial charge in [0.15, 0.2) is 0 Å². The molecule has 0 aromatic heterocycles. The highest BCUT2D eigenvalue weighted by Crippen LogP contribution is 2.28. The van der Waals surface area contributed by atoms with Gasteiger partial charge in [0.05, 0.1) is 4.92 Å². The van der Waals surface area contributed by atoms with Crippen LogP contribution in [0.25, 0.3) is 0 Å². The molecule has 0 saturated carbocycles. The number of hydrogen-bond donors (Lipinski definition) is 1. The van der Waals surface area contributed by atoms with Gasteiger partial charge in [-0.2, -0.15) is 0 Å². The Morgan fingerprint density at radius 2 is 1.69 bits per heavy atom. The van der Waals surface area contributed by atoms with Gasteiger partial charge in [-0.05, 0) is 18.2 Å². The molecule has 7 nitrogen and oxygen atoms in total. The maximum Gasteiger partial charge on any atom is 0.292 e. The zero-order valence-electron chi connectivity index (χ0n) is 14.5. The lowest BCUT2D eigenvalue weighted by atomic mass is 10.2. The summed E-state index contributed by atoms with van der Waals surface area (Å²) in [7, 11) is 0. The van der Waals surface area contributed by atoms with Gasteiger partial charge in [0.2, 0.25) is 0 Å². The summed E-state index contributed by atoms with van der Waals surface area (Å²) in [5.41, 5.74) is 0.794. The number of β-amino-alcohol motifs (C(OH)–C–C–N with tert-alkyl or cyclic N) is 1. The highest BCUT2D eigenvalue weighted by Gasteiger charge is 2.24. The van der Waals surface area contributed by atoms with Crippen molar-refractivity contribution in [1.82, 2.24) is 4.90 Å². The molecule has 1 fully saturated rings. The van der Waals surface area contributed by atoms with Crippen molar-refractivity contribution >= 4 is 11.4 Å². The van der Waals surface area contributed by atoms with E-state index in [1.54, 1.807) is 12.1 Å². The van der Waals surface area contributed by atoms with Crippen LogP contribution in [0.3, 0.4) is 0 Å². The number of rotatable bonds is 7. The normalized spacial score (nSPS) is 16.3. The van der Waals surface area contributed by atoms with Gasteiger partial charge in [0, 0.05) is 38.8 Å². The van der Waals surface area contributed by atoms with Gasteiger partial charge in [0.25, 0.3) is 5.69 Å². The summed E-state index contributed by atoms with van der Waals surface area (Å²) in [6.07, 6.45) is -0.576. The molecular weight excluding hydrogens is 334 g/mol. The second-order valence-electron chi connectivity index (χ2n) is 6.31. The van der Waals surface area contributed by atoms with E-state index in [0.717, 1.165) is 18.8 Å². The topological polar surface area (TPSA) is 79.1 Å². The maximum absolute atomic E-state index is 11.2. The predicted octanol–water partition coefficient (Wildman–Crippen LogP) is 2.16. The highest BCUT2D eigenvalue weighted by atomic mass is 16.6. The third kappa shape index (κ3) is 4.71. The standard InChI is InChI=1S/C19H23N3O4/c23-16(15-26-17-6-2-1-3-7-17)14-20-10-12-21(13-11-20)18-8-4-5-9-19(18)22(24)25/h1-9,16,23H,10-15H2.